The number of ether oxygens (including phenoxy) is 1. The third kappa shape index (κ3) is 8.70. The minimum atomic E-state index is -0.311. The van der Waals surface area contributed by atoms with Crippen molar-refractivity contribution < 1.29 is 14.3 Å². The van der Waals surface area contributed by atoms with Crippen molar-refractivity contribution in [1.82, 2.24) is 15.1 Å². The maximum atomic E-state index is 12.9. The summed E-state index contributed by atoms with van der Waals surface area (Å²) in [5.41, 5.74) is 4.37. The fraction of sp³-hybridized carbons (Fsp3) is 0.400. The van der Waals surface area contributed by atoms with E-state index in [4.69, 9.17) is 27.9 Å². The van der Waals surface area contributed by atoms with Crippen LogP contribution in [0.25, 0.3) is 11.1 Å². The second kappa shape index (κ2) is 15.5. The molecule has 3 aromatic rings. The fourth-order valence-electron chi connectivity index (χ4n) is 6.57. The second-order valence-electron chi connectivity index (χ2n) is 11.7. The summed E-state index contributed by atoms with van der Waals surface area (Å²) in [4.78, 5) is 29.5. The quantitative estimate of drug-likeness (QED) is 0.260. The van der Waals surface area contributed by atoms with Crippen LogP contribution >= 0.6 is 23.2 Å². The molecule has 2 saturated heterocycles. The number of nitrogens with one attached hydrogen (secondary N) is 2. The molecule has 236 valence electrons. The van der Waals surface area contributed by atoms with Gasteiger partial charge in [0.2, 0.25) is 0 Å². The number of halogens is 2. The Hall–Kier alpha value is -3.77. The first-order valence-electron chi connectivity index (χ1n) is 15.6. The van der Waals surface area contributed by atoms with Crippen molar-refractivity contribution >= 4 is 41.0 Å². The van der Waals surface area contributed by atoms with Gasteiger partial charge in [-0.2, -0.15) is 5.26 Å². The molecule has 10 heteroatoms. The lowest BCUT2D eigenvalue weighted by Crippen LogP contribution is -2.49. The summed E-state index contributed by atoms with van der Waals surface area (Å²) in [7, 11) is 0. The van der Waals surface area contributed by atoms with Gasteiger partial charge in [-0.15, -0.1) is 0 Å². The number of benzene rings is 3. The first-order valence-corrected chi connectivity index (χ1v) is 16.4. The number of nitriles is 1. The number of rotatable bonds is 8. The van der Waals surface area contributed by atoms with Crippen molar-refractivity contribution in [3.63, 3.8) is 0 Å². The van der Waals surface area contributed by atoms with Crippen LogP contribution in [0.15, 0.2) is 66.7 Å². The lowest BCUT2D eigenvalue weighted by molar-refractivity contribution is 0.0588. The van der Waals surface area contributed by atoms with Gasteiger partial charge in [0.15, 0.2) is 0 Å². The fourth-order valence-corrected chi connectivity index (χ4v) is 7.09. The number of likely N-dealkylation sites (tertiary alicyclic amines) is 2. The first kappa shape index (κ1) is 32.6. The Kier molecular flexibility index (Phi) is 11.2. The Labute approximate surface area is 275 Å². The first-order chi connectivity index (χ1) is 21.8. The van der Waals surface area contributed by atoms with Gasteiger partial charge in [-0.25, -0.2) is 9.59 Å². The number of amides is 3. The summed E-state index contributed by atoms with van der Waals surface area (Å²) < 4.78 is 5.19. The van der Waals surface area contributed by atoms with Crippen LogP contribution < -0.4 is 10.6 Å². The number of carbonyl (C=O) groups excluding carboxylic acids is 2. The predicted octanol–water partition coefficient (Wildman–Crippen LogP) is 7.77. The highest BCUT2D eigenvalue weighted by Crippen LogP contribution is 2.35. The van der Waals surface area contributed by atoms with Gasteiger partial charge in [0.05, 0.1) is 18.2 Å². The molecule has 2 heterocycles. The molecular weight excluding hydrogens is 609 g/mol. The molecule has 0 spiro atoms. The summed E-state index contributed by atoms with van der Waals surface area (Å²) in [5.74, 6) is 0.501. The van der Waals surface area contributed by atoms with Crippen molar-refractivity contribution in [1.29, 1.82) is 5.26 Å². The van der Waals surface area contributed by atoms with Crippen molar-refractivity contribution in [3.05, 3.63) is 87.9 Å². The molecule has 0 bridgehead atoms. The van der Waals surface area contributed by atoms with E-state index in [0.717, 1.165) is 63.0 Å². The lowest BCUT2D eigenvalue weighted by Gasteiger charge is -2.43. The van der Waals surface area contributed by atoms with Crippen LogP contribution in [0.4, 0.5) is 15.3 Å². The molecule has 2 aliphatic rings. The topological polar surface area (TPSA) is 97.7 Å². The van der Waals surface area contributed by atoms with Crippen LogP contribution in [0.3, 0.4) is 0 Å². The minimum Gasteiger partial charge on any atom is -0.450 e. The van der Waals surface area contributed by atoms with Crippen LogP contribution in [0.1, 0.15) is 49.7 Å². The van der Waals surface area contributed by atoms with E-state index in [1.54, 1.807) is 24.3 Å². The molecule has 1 atom stereocenters. The zero-order chi connectivity index (χ0) is 31.8. The summed E-state index contributed by atoms with van der Waals surface area (Å²) in [6, 6.07) is 23.4. The maximum Gasteiger partial charge on any atom is 0.409 e. The minimum absolute atomic E-state index is 0.117. The number of nitrogens with zero attached hydrogens (tertiary/aromatic N) is 3. The molecular formula is C35H39Cl2N5O3. The average molecular weight is 649 g/mol. The number of hydrogen-bond donors (Lipinski definition) is 2. The molecule has 0 radical (unpaired) electrons. The monoisotopic (exact) mass is 647 g/mol. The largest absolute Gasteiger partial charge is 0.450 e. The van der Waals surface area contributed by atoms with E-state index in [9.17, 15) is 14.9 Å². The van der Waals surface area contributed by atoms with Crippen molar-refractivity contribution in [2.45, 2.75) is 44.6 Å². The van der Waals surface area contributed by atoms with Gasteiger partial charge >= 0.3 is 12.1 Å². The third-order valence-electron chi connectivity index (χ3n) is 8.92. The van der Waals surface area contributed by atoms with Crippen molar-refractivity contribution in [2.75, 3.05) is 44.6 Å². The van der Waals surface area contributed by atoms with E-state index >= 15 is 0 Å². The Morgan fingerprint density at radius 1 is 0.933 bits per heavy atom. The number of anilines is 1. The second-order valence-corrected chi connectivity index (χ2v) is 12.6. The molecule has 0 aromatic heterocycles. The number of carbonyl (C=O) groups is 2. The van der Waals surface area contributed by atoms with Crippen LogP contribution in [-0.2, 0) is 4.74 Å². The molecule has 2 aliphatic heterocycles. The average Bonchev–Trinajstić information content (AvgIpc) is 3.05. The van der Waals surface area contributed by atoms with Crippen LogP contribution in [0, 0.1) is 17.2 Å². The maximum absolute atomic E-state index is 12.9. The van der Waals surface area contributed by atoms with E-state index in [2.05, 4.69) is 45.9 Å². The van der Waals surface area contributed by atoms with E-state index < -0.39 is 0 Å². The molecule has 3 amide bonds. The van der Waals surface area contributed by atoms with Gasteiger partial charge in [-0.05, 0) is 98.6 Å². The molecule has 3 aromatic carbocycles. The number of piperidine rings is 2. The standard InChI is InChI=1S/C35H39Cl2N5O3/c1-2-45-35(44)42-16-12-32(13-17-42)41-14-10-27(11-15-41)33(23-39-34(43)40-31-20-29(36)19-30(37)21-31)26-8-6-25(7-9-26)28-5-3-4-24(18-28)22-38/h3-9,18-21,27,32-33H,2,10-17,23H2,1H3,(H2,39,40,43). The lowest BCUT2D eigenvalue weighted by atomic mass is 9.79. The number of urea groups is 1. The van der Waals surface area contributed by atoms with Gasteiger partial charge in [0, 0.05) is 47.3 Å². The van der Waals surface area contributed by atoms with E-state index in [1.165, 1.54) is 5.56 Å². The Balaban J connectivity index is 1.25. The van der Waals surface area contributed by atoms with E-state index in [-0.39, 0.29) is 18.0 Å². The van der Waals surface area contributed by atoms with Gasteiger partial charge in [-0.1, -0.05) is 59.6 Å². The van der Waals surface area contributed by atoms with Crippen molar-refractivity contribution in [3.8, 4) is 17.2 Å². The predicted molar refractivity (Wildman–Crippen MR) is 179 cm³/mol. The molecule has 2 fully saturated rings. The third-order valence-corrected chi connectivity index (χ3v) is 9.35. The summed E-state index contributed by atoms with van der Waals surface area (Å²) in [5, 5.41) is 16.2. The molecule has 45 heavy (non-hydrogen) atoms. The van der Waals surface area contributed by atoms with Crippen molar-refractivity contribution in [2.24, 2.45) is 5.92 Å². The molecule has 8 nitrogen and oxygen atoms in total. The number of hydrogen-bond acceptors (Lipinski definition) is 5. The highest BCUT2D eigenvalue weighted by Gasteiger charge is 2.33. The highest BCUT2D eigenvalue weighted by molar-refractivity contribution is 6.35. The molecule has 0 saturated carbocycles. The van der Waals surface area contributed by atoms with Gasteiger partial charge in [0.1, 0.15) is 0 Å². The smallest absolute Gasteiger partial charge is 0.409 e. The molecule has 5 rings (SSSR count). The zero-order valence-electron chi connectivity index (χ0n) is 25.5. The van der Waals surface area contributed by atoms with Gasteiger partial charge in [0.25, 0.3) is 0 Å². The summed E-state index contributed by atoms with van der Waals surface area (Å²) in [6.45, 7) is 6.14. The van der Waals surface area contributed by atoms with Gasteiger partial charge < -0.3 is 25.2 Å². The SMILES string of the molecule is CCOC(=O)N1CCC(N2CCC(C(CNC(=O)Nc3cc(Cl)cc(Cl)c3)c3ccc(-c4cccc(C#N)c4)cc3)CC2)CC1. The Bertz CT molecular complexity index is 1490. The van der Waals surface area contributed by atoms with E-state index in [1.807, 2.05) is 30.0 Å². The summed E-state index contributed by atoms with van der Waals surface area (Å²) >= 11 is 12.2. The van der Waals surface area contributed by atoms with Gasteiger partial charge in [-0.3, -0.25) is 0 Å². The molecule has 0 aliphatic carbocycles. The Morgan fingerprint density at radius 2 is 1.62 bits per heavy atom. The van der Waals surface area contributed by atoms with Crippen LogP contribution in [0.5, 0.6) is 0 Å². The molecule has 1 unspecified atom stereocenters. The van der Waals surface area contributed by atoms with E-state index in [0.29, 0.717) is 46.4 Å². The molecule has 2 N–H and O–H groups in total. The Morgan fingerprint density at radius 3 is 2.27 bits per heavy atom. The zero-order valence-corrected chi connectivity index (χ0v) is 27.0. The highest BCUT2D eigenvalue weighted by atomic mass is 35.5. The normalized spacial score (nSPS) is 16.9. The van der Waals surface area contributed by atoms with Crippen LogP contribution in [-0.4, -0.2) is 67.3 Å². The van der Waals surface area contributed by atoms with Crippen LogP contribution in [0.2, 0.25) is 10.0 Å². The summed E-state index contributed by atoms with van der Waals surface area (Å²) in [6.07, 6.45) is 3.73.